The van der Waals surface area contributed by atoms with Crippen LogP contribution in [-0.4, -0.2) is 17.5 Å². The van der Waals surface area contributed by atoms with Crippen molar-refractivity contribution in [2.24, 2.45) is 0 Å². The van der Waals surface area contributed by atoms with Crippen LogP contribution in [0.1, 0.15) is 0 Å². The summed E-state index contributed by atoms with van der Waals surface area (Å²) < 4.78 is 0. The van der Waals surface area contributed by atoms with Crippen molar-refractivity contribution < 1.29 is 0 Å². The zero-order valence-corrected chi connectivity index (χ0v) is 3.39. The normalized spacial score (nSPS) is 41.3. The smallest absolute Gasteiger partial charge is 0.111 e. The highest BCUT2D eigenvalue weighted by molar-refractivity contribution is 5.05. The Balaban J connectivity index is 2.31. The molecular formula is C4H5N2. The van der Waals surface area contributed by atoms with Crippen molar-refractivity contribution in [3.8, 4) is 6.07 Å². The molecule has 0 saturated carbocycles. The van der Waals surface area contributed by atoms with Crippen molar-refractivity contribution in [2.75, 3.05) is 6.54 Å². The van der Waals surface area contributed by atoms with Crippen molar-refractivity contribution in [3.63, 3.8) is 0 Å². The molecule has 1 saturated heterocycles. The lowest BCUT2D eigenvalue weighted by atomic mass is 10.5. The number of hydrogen-bond acceptors (Lipinski definition) is 2. The van der Waals surface area contributed by atoms with E-state index >= 15 is 0 Å². The van der Waals surface area contributed by atoms with Crippen molar-refractivity contribution in [1.82, 2.24) is 4.90 Å². The Morgan fingerprint density at radius 2 is 2.50 bits per heavy atom. The molecule has 1 aliphatic rings. The second kappa shape index (κ2) is 0.954. The van der Waals surface area contributed by atoms with E-state index in [1.807, 2.05) is 0 Å². The standard InChI is InChI=1S/C4H5N2/c1-6-3-4(6)2-5/h4H,1,3H2. The Hall–Kier alpha value is -0.550. The Bertz CT molecular complexity index is 92.2. The lowest BCUT2D eigenvalue weighted by molar-refractivity contribution is 0.727. The van der Waals surface area contributed by atoms with Gasteiger partial charge in [0.05, 0.1) is 6.07 Å². The third kappa shape index (κ3) is 0.373. The minimum atomic E-state index is 0.130. The van der Waals surface area contributed by atoms with E-state index in [9.17, 15) is 0 Å². The predicted octanol–water partition coefficient (Wildman–Crippen LogP) is -0.0142. The van der Waals surface area contributed by atoms with E-state index < -0.39 is 0 Å². The van der Waals surface area contributed by atoms with Crippen molar-refractivity contribution >= 4 is 0 Å². The van der Waals surface area contributed by atoms with Crippen molar-refractivity contribution in [1.29, 1.82) is 5.26 Å². The Labute approximate surface area is 37.0 Å². The largest absolute Gasteiger partial charge is 0.283 e. The van der Waals surface area contributed by atoms with Gasteiger partial charge in [-0.2, -0.15) is 5.26 Å². The van der Waals surface area contributed by atoms with E-state index in [-0.39, 0.29) is 6.04 Å². The molecule has 1 fully saturated rings. The predicted molar refractivity (Wildman–Crippen MR) is 21.5 cm³/mol. The molecule has 2 heteroatoms. The fourth-order valence-corrected chi connectivity index (χ4v) is 0.297. The summed E-state index contributed by atoms with van der Waals surface area (Å²) in [4.78, 5) is 1.74. The third-order valence-electron chi connectivity index (χ3n) is 0.864. The van der Waals surface area contributed by atoms with Crippen LogP contribution in [-0.2, 0) is 0 Å². The lowest BCUT2D eigenvalue weighted by Crippen LogP contribution is -1.83. The van der Waals surface area contributed by atoms with Crippen LogP contribution in [0.15, 0.2) is 0 Å². The van der Waals surface area contributed by atoms with E-state index in [2.05, 4.69) is 13.1 Å². The Morgan fingerprint density at radius 1 is 2.00 bits per heavy atom. The molecule has 0 N–H and O–H groups in total. The summed E-state index contributed by atoms with van der Waals surface area (Å²) in [6, 6.07) is 2.18. The average Bonchev–Trinajstić information content (AvgIpc) is 2.19. The van der Waals surface area contributed by atoms with Crippen LogP contribution in [0.4, 0.5) is 0 Å². The number of nitrogens with zero attached hydrogens (tertiary/aromatic N) is 2. The lowest BCUT2D eigenvalue weighted by Gasteiger charge is -1.72. The fraction of sp³-hybridized carbons (Fsp3) is 0.500. The minimum Gasteiger partial charge on any atom is -0.283 e. The topological polar surface area (TPSA) is 26.8 Å². The molecule has 0 aliphatic carbocycles. The molecule has 2 atom stereocenters. The maximum absolute atomic E-state index is 8.04. The molecule has 0 amide bonds. The maximum atomic E-state index is 8.04. The first-order valence-electron chi connectivity index (χ1n) is 1.81. The van der Waals surface area contributed by atoms with Gasteiger partial charge >= 0.3 is 0 Å². The van der Waals surface area contributed by atoms with Crippen LogP contribution in [0.5, 0.6) is 0 Å². The molecule has 0 aromatic carbocycles. The van der Waals surface area contributed by atoms with Crippen molar-refractivity contribution in [3.05, 3.63) is 7.05 Å². The fourth-order valence-electron chi connectivity index (χ4n) is 0.297. The zero-order chi connectivity index (χ0) is 4.57. The summed E-state index contributed by atoms with van der Waals surface area (Å²) in [7, 11) is 3.51. The summed E-state index contributed by atoms with van der Waals surface area (Å²) in [5.74, 6) is 0. The van der Waals surface area contributed by atoms with Gasteiger partial charge in [0, 0.05) is 13.6 Å². The minimum absolute atomic E-state index is 0.130. The Kier molecular flexibility index (Phi) is 0.578. The van der Waals surface area contributed by atoms with E-state index in [0.29, 0.717) is 0 Å². The van der Waals surface area contributed by atoms with Gasteiger partial charge in [-0.05, 0) is 0 Å². The number of hydrogen-bond donors (Lipinski definition) is 0. The van der Waals surface area contributed by atoms with Crippen LogP contribution in [0.2, 0.25) is 0 Å². The molecule has 0 bridgehead atoms. The summed E-state index contributed by atoms with van der Waals surface area (Å²) in [6.45, 7) is 0.858. The van der Waals surface area contributed by atoms with Gasteiger partial charge in [-0.3, -0.25) is 4.90 Å². The quantitative estimate of drug-likeness (QED) is 0.383. The average molecular weight is 81.1 g/mol. The molecule has 0 spiro atoms. The molecule has 6 heavy (non-hydrogen) atoms. The molecule has 1 aliphatic heterocycles. The molecule has 1 radical (unpaired) electrons. The summed E-state index contributed by atoms with van der Waals surface area (Å²) in [5.41, 5.74) is 0. The van der Waals surface area contributed by atoms with Crippen LogP contribution < -0.4 is 0 Å². The third-order valence-corrected chi connectivity index (χ3v) is 0.864. The first-order valence-corrected chi connectivity index (χ1v) is 1.81. The highest BCUT2D eigenvalue weighted by Gasteiger charge is 2.28. The van der Waals surface area contributed by atoms with E-state index in [0.717, 1.165) is 6.54 Å². The molecule has 31 valence electrons. The van der Waals surface area contributed by atoms with Gasteiger partial charge in [0.2, 0.25) is 0 Å². The Morgan fingerprint density at radius 3 is 2.50 bits per heavy atom. The van der Waals surface area contributed by atoms with E-state index in [4.69, 9.17) is 5.26 Å². The first-order chi connectivity index (χ1) is 2.84. The van der Waals surface area contributed by atoms with Gasteiger partial charge in [0.25, 0.3) is 0 Å². The van der Waals surface area contributed by atoms with Gasteiger partial charge in [0.1, 0.15) is 6.04 Å². The molecule has 1 rings (SSSR count). The van der Waals surface area contributed by atoms with E-state index in [1.54, 1.807) is 4.90 Å². The summed E-state index contributed by atoms with van der Waals surface area (Å²) in [6.07, 6.45) is 0. The van der Waals surface area contributed by atoms with Crippen LogP contribution in [0.25, 0.3) is 0 Å². The van der Waals surface area contributed by atoms with Gasteiger partial charge in [-0.1, -0.05) is 0 Å². The van der Waals surface area contributed by atoms with Crippen LogP contribution >= 0.6 is 0 Å². The molecule has 0 aromatic rings. The molecular weight excluding hydrogens is 76.1 g/mol. The summed E-state index contributed by atoms with van der Waals surface area (Å²) in [5, 5.41) is 8.04. The molecule has 2 unspecified atom stereocenters. The monoisotopic (exact) mass is 81.0 g/mol. The number of nitriles is 1. The molecule has 2 nitrogen and oxygen atoms in total. The zero-order valence-electron chi connectivity index (χ0n) is 3.39. The molecule has 1 heterocycles. The maximum Gasteiger partial charge on any atom is 0.111 e. The molecule has 0 aromatic heterocycles. The van der Waals surface area contributed by atoms with Gasteiger partial charge in [-0.15, -0.1) is 0 Å². The highest BCUT2D eigenvalue weighted by Crippen LogP contribution is 2.11. The van der Waals surface area contributed by atoms with Gasteiger partial charge < -0.3 is 0 Å². The van der Waals surface area contributed by atoms with Gasteiger partial charge in [-0.25, -0.2) is 0 Å². The highest BCUT2D eigenvalue weighted by atomic mass is 15.3. The van der Waals surface area contributed by atoms with Crippen LogP contribution in [0, 0.1) is 18.4 Å². The van der Waals surface area contributed by atoms with Crippen LogP contribution in [0.3, 0.4) is 0 Å². The van der Waals surface area contributed by atoms with Crippen molar-refractivity contribution in [2.45, 2.75) is 6.04 Å². The SMILES string of the molecule is [CH2]N1CC1C#N. The van der Waals surface area contributed by atoms with E-state index in [1.165, 1.54) is 0 Å². The van der Waals surface area contributed by atoms with Gasteiger partial charge in [0.15, 0.2) is 0 Å². The second-order valence-electron chi connectivity index (χ2n) is 1.42. The number of rotatable bonds is 0. The second-order valence-corrected chi connectivity index (χ2v) is 1.42. The summed E-state index contributed by atoms with van der Waals surface area (Å²) >= 11 is 0. The first kappa shape index (κ1) is 3.63.